The van der Waals surface area contributed by atoms with Gasteiger partial charge in [0.1, 0.15) is 5.82 Å². The van der Waals surface area contributed by atoms with E-state index < -0.39 is 0 Å². The number of hydrogen-bond donors (Lipinski definition) is 2. The van der Waals surface area contributed by atoms with Crippen LogP contribution in [-0.4, -0.2) is 49.8 Å². The highest BCUT2D eigenvalue weighted by Gasteiger charge is 2.32. The highest BCUT2D eigenvalue weighted by molar-refractivity contribution is 5.76. The first-order valence-electron chi connectivity index (χ1n) is 9.41. The molecule has 0 unspecified atom stereocenters. The number of benzene rings is 2. The standard InChI is InChI=1S/C21H24FN3O2/c22-17-7-5-16(6-8-17)20-19-4-2-1-3-15(19)9-11-25(20)21(26)24-18-13-23-10-12-27-14-18/h1-8,18,20,23H,9-14H2,(H,24,26)/t18-,20+/m1/s1. The number of ether oxygens (including phenoxy) is 1. The van der Waals surface area contributed by atoms with E-state index in [0.717, 1.165) is 24.1 Å². The molecule has 2 amide bonds. The Bertz CT molecular complexity index is 788. The van der Waals surface area contributed by atoms with Gasteiger partial charge in [-0.15, -0.1) is 0 Å². The van der Waals surface area contributed by atoms with Gasteiger partial charge in [-0.2, -0.15) is 0 Å². The Hall–Kier alpha value is -2.44. The van der Waals surface area contributed by atoms with Gasteiger partial charge in [0.15, 0.2) is 0 Å². The minimum atomic E-state index is -0.277. The Morgan fingerprint density at radius 2 is 2.00 bits per heavy atom. The lowest BCUT2D eigenvalue weighted by molar-refractivity contribution is 0.127. The topological polar surface area (TPSA) is 53.6 Å². The molecule has 2 heterocycles. The van der Waals surface area contributed by atoms with Gasteiger partial charge < -0.3 is 20.3 Å². The van der Waals surface area contributed by atoms with E-state index in [4.69, 9.17) is 4.74 Å². The zero-order chi connectivity index (χ0) is 18.6. The van der Waals surface area contributed by atoms with E-state index in [2.05, 4.69) is 22.8 Å². The Balaban J connectivity index is 1.62. The van der Waals surface area contributed by atoms with Crippen LogP contribution in [0.5, 0.6) is 0 Å². The molecule has 0 radical (unpaired) electrons. The van der Waals surface area contributed by atoms with Crippen LogP contribution in [-0.2, 0) is 11.2 Å². The molecule has 1 saturated heterocycles. The summed E-state index contributed by atoms with van der Waals surface area (Å²) in [6.45, 7) is 3.26. The molecular weight excluding hydrogens is 345 g/mol. The molecule has 2 aromatic rings. The average molecular weight is 369 g/mol. The second-order valence-electron chi connectivity index (χ2n) is 7.02. The van der Waals surface area contributed by atoms with Gasteiger partial charge in [-0.25, -0.2) is 9.18 Å². The van der Waals surface area contributed by atoms with Gasteiger partial charge in [-0.3, -0.25) is 0 Å². The fourth-order valence-corrected chi connectivity index (χ4v) is 3.85. The predicted molar refractivity (Wildman–Crippen MR) is 101 cm³/mol. The molecular formula is C21H24FN3O2. The molecule has 6 heteroatoms. The highest BCUT2D eigenvalue weighted by atomic mass is 19.1. The van der Waals surface area contributed by atoms with Gasteiger partial charge in [0, 0.05) is 19.6 Å². The number of urea groups is 1. The molecule has 5 nitrogen and oxygen atoms in total. The molecule has 2 atom stereocenters. The van der Waals surface area contributed by atoms with Crippen LogP contribution >= 0.6 is 0 Å². The van der Waals surface area contributed by atoms with Crippen molar-refractivity contribution in [3.05, 3.63) is 71.0 Å². The molecule has 2 N–H and O–H groups in total. The molecule has 4 rings (SSSR count). The van der Waals surface area contributed by atoms with Crippen molar-refractivity contribution in [1.82, 2.24) is 15.5 Å². The number of rotatable bonds is 2. The van der Waals surface area contributed by atoms with Gasteiger partial charge in [0.05, 0.1) is 25.3 Å². The highest BCUT2D eigenvalue weighted by Crippen LogP contribution is 2.35. The first-order valence-corrected chi connectivity index (χ1v) is 9.41. The second-order valence-corrected chi connectivity index (χ2v) is 7.02. The number of carbonyl (C=O) groups excluding carboxylic acids is 1. The molecule has 142 valence electrons. The Kier molecular flexibility index (Phi) is 5.36. The van der Waals surface area contributed by atoms with E-state index in [1.54, 1.807) is 12.1 Å². The van der Waals surface area contributed by atoms with Crippen molar-refractivity contribution < 1.29 is 13.9 Å². The summed E-state index contributed by atoms with van der Waals surface area (Å²) in [6.07, 6.45) is 0.806. The molecule has 2 aliphatic rings. The molecule has 0 spiro atoms. The van der Waals surface area contributed by atoms with E-state index in [9.17, 15) is 9.18 Å². The SMILES string of the molecule is O=C(N[C@@H]1CNCCOC1)N1CCc2ccccc2[C@@H]1c1ccc(F)cc1. The summed E-state index contributed by atoms with van der Waals surface area (Å²) in [6, 6.07) is 14.2. The lowest BCUT2D eigenvalue weighted by Gasteiger charge is -2.38. The molecule has 0 saturated carbocycles. The minimum Gasteiger partial charge on any atom is -0.378 e. The van der Waals surface area contributed by atoms with Crippen molar-refractivity contribution in [3.63, 3.8) is 0 Å². The predicted octanol–water partition coefficient (Wildman–Crippen LogP) is 2.47. The van der Waals surface area contributed by atoms with Gasteiger partial charge in [0.25, 0.3) is 0 Å². The van der Waals surface area contributed by atoms with E-state index >= 15 is 0 Å². The third-order valence-electron chi connectivity index (χ3n) is 5.19. The molecule has 2 aliphatic heterocycles. The first kappa shape index (κ1) is 17.9. The van der Waals surface area contributed by atoms with Crippen molar-refractivity contribution in [3.8, 4) is 0 Å². The van der Waals surface area contributed by atoms with Crippen molar-refractivity contribution in [1.29, 1.82) is 0 Å². The zero-order valence-electron chi connectivity index (χ0n) is 15.2. The molecule has 1 fully saturated rings. The van der Waals surface area contributed by atoms with Crippen LogP contribution in [0, 0.1) is 5.82 Å². The monoisotopic (exact) mass is 369 g/mol. The first-order chi connectivity index (χ1) is 13.2. The number of amides is 2. The summed E-state index contributed by atoms with van der Waals surface area (Å²) in [5.74, 6) is -0.277. The fraction of sp³-hybridized carbons (Fsp3) is 0.381. The fourth-order valence-electron chi connectivity index (χ4n) is 3.85. The lowest BCUT2D eigenvalue weighted by atomic mass is 9.88. The van der Waals surface area contributed by atoms with E-state index in [0.29, 0.717) is 26.3 Å². The Morgan fingerprint density at radius 1 is 1.19 bits per heavy atom. The molecule has 0 bridgehead atoms. The van der Waals surface area contributed by atoms with Crippen LogP contribution in [0.2, 0.25) is 0 Å². The van der Waals surface area contributed by atoms with E-state index in [1.807, 2.05) is 17.0 Å². The number of hydrogen-bond acceptors (Lipinski definition) is 3. The number of nitrogens with zero attached hydrogens (tertiary/aromatic N) is 1. The number of nitrogens with one attached hydrogen (secondary N) is 2. The minimum absolute atomic E-state index is 0.0639. The zero-order valence-corrected chi connectivity index (χ0v) is 15.2. The van der Waals surface area contributed by atoms with Gasteiger partial charge >= 0.3 is 6.03 Å². The molecule has 0 aromatic heterocycles. The van der Waals surface area contributed by atoms with Gasteiger partial charge in [-0.05, 0) is 35.2 Å². The number of carbonyl (C=O) groups is 1. The summed E-state index contributed by atoms with van der Waals surface area (Å²) < 4.78 is 19.0. The van der Waals surface area contributed by atoms with Crippen molar-refractivity contribution in [2.45, 2.75) is 18.5 Å². The van der Waals surface area contributed by atoms with Crippen LogP contribution in [0.3, 0.4) is 0 Å². The Labute approximate surface area is 158 Å². The third kappa shape index (κ3) is 3.96. The van der Waals surface area contributed by atoms with E-state index in [1.165, 1.54) is 17.7 Å². The quantitative estimate of drug-likeness (QED) is 0.855. The van der Waals surface area contributed by atoms with E-state index in [-0.39, 0.29) is 23.9 Å². The maximum absolute atomic E-state index is 13.4. The van der Waals surface area contributed by atoms with Gasteiger partial charge in [0.2, 0.25) is 0 Å². The maximum Gasteiger partial charge on any atom is 0.318 e. The molecule has 27 heavy (non-hydrogen) atoms. The van der Waals surface area contributed by atoms with Crippen LogP contribution in [0.25, 0.3) is 0 Å². The van der Waals surface area contributed by atoms with Crippen LogP contribution in [0.15, 0.2) is 48.5 Å². The lowest BCUT2D eigenvalue weighted by Crippen LogP contribution is -2.52. The average Bonchev–Trinajstić information content (AvgIpc) is 2.96. The third-order valence-corrected chi connectivity index (χ3v) is 5.19. The summed E-state index contributed by atoms with van der Waals surface area (Å²) in [7, 11) is 0. The second kappa shape index (κ2) is 8.06. The van der Waals surface area contributed by atoms with Crippen molar-refractivity contribution >= 4 is 6.03 Å². The van der Waals surface area contributed by atoms with Crippen molar-refractivity contribution in [2.24, 2.45) is 0 Å². The van der Waals surface area contributed by atoms with Gasteiger partial charge in [-0.1, -0.05) is 36.4 Å². The Morgan fingerprint density at radius 3 is 2.85 bits per heavy atom. The maximum atomic E-state index is 13.4. The van der Waals surface area contributed by atoms with Crippen LogP contribution in [0.1, 0.15) is 22.7 Å². The summed E-state index contributed by atoms with van der Waals surface area (Å²) >= 11 is 0. The summed E-state index contributed by atoms with van der Waals surface area (Å²) in [4.78, 5) is 14.9. The largest absolute Gasteiger partial charge is 0.378 e. The smallest absolute Gasteiger partial charge is 0.318 e. The molecule has 2 aromatic carbocycles. The summed E-state index contributed by atoms with van der Waals surface area (Å²) in [5, 5.41) is 6.37. The summed E-state index contributed by atoms with van der Waals surface area (Å²) in [5.41, 5.74) is 3.24. The van der Waals surface area contributed by atoms with Crippen LogP contribution in [0.4, 0.5) is 9.18 Å². The van der Waals surface area contributed by atoms with Crippen LogP contribution < -0.4 is 10.6 Å². The van der Waals surface area contributed by atoms with Crippen molar-refractivity contribution in [2.75, 3.05) is 32.8 Å². The number of fused-ring (bicyclic) bond motifs is 1. The normalized spacial score (nSPS) is 22.6. The number of halogens is 1. The molecule has 0 aliphatic carbocycles.